The number of nitrogens with one attached hydrogen (secondary N) is 3. The first-order valence-electron chi connectivity index (χ1n) is 12.1. The molecule has 18 heteroatoms. The molecule has 0 spiro atoms. The zero-order valence-corrected chi connectivity index (χ0v) is 21.2. The second-order valence-corrected chi connectivity index (χ2v) is 9.43. The number of ether oxygens (including phenoxy) is 1. The molecule has 1 aromatic rings. The Hall–Kier alpha value is -3.86. The van der Waals surface area contributed by atoms with E-state index in [4.69, 9.17) is 0 Å². The number of amides is 5. The molecule has 1 aliphatic carbocycles. The number of hydrogen-bond acceptors (Lipinski definition) is 5. The lowest BCUT2D eigenvalue weighted by atomic mass is 10.2. The summed E-state index contributed by atoms with van der Waals surface area (Å²) < 4.78 is 108. The van der Waals surface area contributed by atoms with Crippen LogP contribution in [0.5, 0.6) is 0 Å². The topological polar surface area (TPSA) is 120 Å². The highest BCUT2D eigenvalue weighted by atomic mass is 19.4. The number of carbonyl (C=O) groups excluding carboxylic acids is 4. The minimum atomic E-state index is -5.97. The fourth-order valence-corrected chi connectivity index (χ4v) is 3.71. The van der Waals surface area contributed by atoms with Crippen molar-refractivity contribution in [2.75, 3.05) is 36.0 Å². The average Bonchev–Trinajstić information content (AvgIpc) is 3.70. The molecule has 0 saturated heterocycles. The number of halogens is 8. The van der Waals surface area contributed by atoms with Crippen molar-refractivity contribution >= 4 is 35.3 Å². The van der Waals surface area contributed by atoms with Crippen molar-refractivity contribution in [3.8, 4) is 0 Å². The van der Waals surface area contributed by atoms with Crippen molar-refractivity contribution < 1.29 is 59.0 Å². The van der Waals surface area contributed by atoms with Gasteiger partial charge in [-0.3, -0.25) is 19.4 Å². The van der Waals surface area contributed by atoms with Crippen LogP contribution in [0, 0.1) is 5.92 Å². The third-order valence-electron chi connectivity index (χ3n) is 6.05. The molecular formula is C23H25F8N5O5. The van der Waals surface area contributed by atoms with Crippen LogP contribution >= 0.6 is 0 Å². The van der Waals surface area contributed by atoms with E-state index in [0.29, 0.717) is 4.90 Å². The number of carbonyl (C=O) groups is 4. The number of rotatable bonds is 8. The highest BCUT2D eigenvalue weighted by Gasteiger charge is 2.57. The second kappa shape index (κ2) is 11.9. The van der Waals surface area contributed by atoms with E-state index in [1.54, 1.807) is 0 Å². The smallest absolute Gasteiger partial charge is 0.436 e. The first-order valence-corrected chi connectivity index (χ1v) is 12.1. The molecule has 0 unspecified atom stereocenters. The number of hydrogen-bond donors (Lipinski definition) is 3. The monoisotopic (exact) mass is 603 g/mol. The van der Waals surface area contributed by atoms with Gasteiger partial charge in [0.1, 0.15) is 12.6 Å². The van der Waals surface area contributed by atoms with Crippen molar-refractivity contribution in [1.29, 1.82) is 0 Å². The van der Waals surface area contributed by atoms with E-state index in [9.17, 15) is 54.3 Å². The van der Waals surface area contributed by atoms with Crippen molar-refractivity contribution in [2.24, 2.45) is 5.92 Å². The Balaban J connectivity index is 1.78. The summed E-state index contributed by atoms with van der Waals surface area (Å²) in [4.78, 5) is 51.9. The van der Waals surface area contributed by atoms with Crippen LogP contribution in [-0.2, 0) is 14.3 Å². The van der Waals surface area contributed by atoms with Crippen LogP contribution < -0.4 is 25.8 Å². The molecule has 1 saturated carbocycles. The second-order valence-electron chi connectivity index (χ2n) is 9.43. The summed E-state index contributed by atoms with van der Waals surface area (Å²) in [5, 5.41) is 5.85. The number of alkyl carbamates (subject to hydrolysis) is 1. The van der Waals surface area contributed by atoms with Gasteiger partial charge in [-0.1, -0.05) is 12.1 Å². The Morgan fingerprint density at radius 2 is 1.61 bits per heavy atom. The molecule has 2 aliphatic rings. The van der Waals surface area contributed by atoms with Gasteiger partial charge in [-0.2, -0.15) is 35.1 Å². The van der Waals surface area contributed by atoms with Crippen molar-refractivity contribution in [3.63, 3.8) is 0 Å². The van der Waals surface area contributed by atoms with Gasteiger partial charge in [0.25, 0.3) is 11.8 Å². The average molecular weight is 603 g/mol. The van der Waals surface area contributed by atoms with Crippen LogP contribution in [-0.4, -0.2) is 80.5 Å². The summed E-state index contributed by atoms with van der Waals surface area (Å²) in [6.45, 7) is -3.49. The largest absolute Gasteiger partial charge is 0.455 e. The van der Waals surface area contributed by atoms with Gasteiger partial charge >= 0.3 is 30.4 Å². The van der Waals surface area contributed by atoms with Crippen LogP contribution in [0.3, 0.4) is 0 Å². The van der Waals surface area contributed by atoms with Crippen LogP contribution in [0.2, 0.25) is 0 Å². The van der Waals surface area contributed by atoms with Gasteiger partial charge in [0.05, 0.1) is 24.5 Å². The Bertz CT molecular complexity index is 1160. The van der Waals surface area contributed by atoms with Gasteiger partial charge in [-0.15, -0.1) is 0 Å². The summed E-state index contributed by atoms with van der Waals surface area (Å²) in [5.41, 5.74) is -0.341. The van der Waals surface area contributed by atoms with Crippen molar-refractivity contribution in [2.45, 2.75) is 50.2 Å². The predicted octanol–water partition coefficient (Wildman–Crippen LogP) is 3.32. The van der Waals surface area contributed by atoms with E-state index in [1.165, 1.54) is 24.3 Å². The highest BCUT2D eigenvalue weighted by molar-refractivity contribution is 6.08. The molecule has 0 bridgehead atoms. The molecule has 1 aliphatic heterocycles. The quantitative estimate of drug-likeness (QED) is 0.394. The number of para-hydroxylation sites is 2. The molecular weight excluding hydrogens is 578 g/mol. The first kappa shape index (κ1) is 31.7. The standard InChI is InChI=1S/C23H25F8N5O5/c1-12(41-20(40)33-10-21(24,25)23(29,30)31)17(37)34-14-9-35(19(39)32-8-13-6-7-13)15-4-2-3-5-16(15)36(18(14)38)11-22(26,27)28/h2-5,12-14H,6-11H2,1H3,(H,32,39)(H,33,40)(H,34,37)/t12-,14-/m0/s1. The molecule has 0 aromatic heterocycles. The molecule has 1 fully saturated rings. The van der Waals surface area contributed by atoms with Crippen LogP contribution in [0.4, 0.5) is 56.1 Å². The van der Waals surface area contributed by atoms with Crippen LogP contribution in [0.1, 0.15) is 19.8 Å². The lowest BCUT2D eigenvalue weighted by Gasteiger charge is -2.27. The van der Waals surface area contributed by atoms with E-state index in [2.05, 4.69) is 15.4 Å². The van der Waals surface area contributed by atoms with Crippen LogP contribution in [0.25, 0.3) is 0 Å². The Morgan fingerprint density at radius 1 is 1.00 bits per heavy atom. The molecule has 3 rings (SSSR count). The molecule has 3 N–H and O–H groups in total. The van der Waals surface area contributed by atoms with Gasteiger partial charge < -0.3 is 20.7 Å². The maximum absolute atomic E-state index is 13.4. The molecule has 0 radical (unpaired) electrons. The SMILES string of the molecule is C[C@H](OC(=O)NCC(F)(F)C(F)(F)F)C(=O)N[C@H]1CN(C(=O)NCC2CC2)c2ccccc2N(CC(F)(F)F)C1=O. The fraction of sp³-hybridized carbons (Fsp3) is 0.565. The van der Waals surface area contributed by atoms with Gasteiger partial charge in [0.15, 0.2) is 6.10 Å². The minimum Gasteiger partial charge on any atom is -0.436 e. The highest BCUT2D eigenvalue weighted by Crippen LogP contribution is 2.36. The molecule has 10 nitrogen and oxygen atoms in total. The number of alkyl halides is 8. The van der Waals surface area contributed by atoms with E-state index < -0.39 is 74.0 Å². The summed E-state index contributed by atoms with van der Waals surface area (Å²) in [6, 6.07) is 2.67. The zero-order chi connectivity index (χ0) is 30.8. The molecule has 1 aromatic carbocycles. The lowest BCUT2D eigenvalue weighted by Crippen LogP contribution is -2.57. The van der Waals surface area contributed by atoms with E-state index >= 15 is 0 Å². The number of anilines is 2. The number of urea groups is 1. The van der Waals surface area contributed by atoms with Gasteiger partial charge in [-0.05, 0) is 37.8 Å². The first-order chi connectivity index (χ1) is 18.9. The van der Waals surface area contributed by atoms with Gasteiger partial charge in [0, 0.05) is 6.54 Å². The van der Waals surface area contributed by atoms with E-state index in [0.717, 1.165) is 30.0 Å². The minimum absolute atomic E-state index is 0.0654. The summed E-state index contributed by atoms with van der Waals surface area (Å²) in [5.74, 6) is -7.66. The Kier molecular flexibility index (Phi) is 9.22. The van der Waals surface area contributed by atoms with Crippen LogP contribution in [0.15, 0.2) is 24.3 Å². The summed E-state index contributed by atoms with van der Waals surface area (Å²) in [7, 11) is 0. The molecule has 5 amide bonds. The number of nitrogens with zero attached hydrogens (tertiary/aromatic N) is 2. The Labute approximate surface area is 227 Å². The van der Waals surface area contributed by atoms with Crippen molar-refractivity contribution in [3.05, 3.63) is 24.3 Å². The lowest BCUT2D eigenvalue weighted by molar-refractivity contribution is -0.278. The summed E-state index contributed by atoms with van der Waals surface area (Å²) >= 11 is 0. The zero-order valence-electron chi connectivity index (χ0n) is 21.2. The molecule has 228 valence electrons. The maximum Gasteiger partial charge on any atom is 0.455 e. The molecule has 1 heterocycles. The predicted molar refractivity (Wildman–Crippen MR) is 125 cm³/mol. The molecule has 2 atom stereocenters. The van der Waals surface area contributed by atoms with Gasteiger partial charge in [-0.25, -0.2) is 9.59 Å². The van der Waals surface area contributed by atoms with E-state index in [-0.39, 0.29) is 23.8 Å². The fourth-order valence-electron chi connectivity index (χ4n) is 3.71. The number of benzene rings is 1. The normalized spacial score (nSPS) is 18.7. The van der Waals surface area contributed by atoms with Crippen molar-refractivity contribution in [1.82, 2.24) is 16.0 Å². The third kappa shape index (κ3) is 8.32. The maximum atomic E-state index is 13.4. The molecule has 41 heavy (non-hydrogen) atoms. The Morgan fingerprint density at radius 3 is 2.17 bits per heavy atom. The van der Waals surface area contributed by atoms with Gasteiger partial charge in [0.2, 0.25) is 0 Å². The number of fused-ring (bicyclic) bond motifs is 1. The van der Waals surface area contributed by atoms with E-state index in [1.807, 2.05) is 0 Å². The third-order valence-corrected chi connectivity index (χ3v) is 6.05. The summed E-state index contributed by atoms with van der Waals surface area (Å²) in [6.07, 6.45) is -12.9.